The number of aromatic amines is 1. The van der Waals surface area contributed by atoms with Crippen LogP contribution in [0.25, 0.3) is 0 Å². The molecule has 0 bridgehead atoms. The summed E-state index contributed by atoms with van der Waals surface area (Å²) in [6, 6.07) is 1.82. The van der Waals surface area contributed by atoms with E-state index >= 15 is 0 Å². The molecule has 0 fully saturated rings. The minimum absolute atomic E-state index is 0.107. The summed E-state index contributed by atoms with van der Waals surface area (Å²) in [5.74, 6) is -0.606. The van der Waals surface area contributed by atoms with Gasteiger partial charge in [0.05, 0.1) is 17.4 Å². The van der Waals surface area contributed by atoms with E-state index in [0.717, 1.165) is 12.1 Å². The second-order valence-electron chi connectivity index (χ2n) is 3.37. The Hall–Kier alpha value is -2.38. The summed E-state index contributed by atoms with van der Waals surface area (Å²) >= 11 is 0. The fourth-order valence-corrected chi connectivity index (χ4v) is 1.21. The van der Waals surface area contributed by atoms with Crippen LogP contribution in [-0.4, -0.2) is 21.1 Å². The minimum atomic E-state index is -4.47. The van der Waals surface area contributed by atoms with E-state index in [0.29, 0.717) is 11.9 Å². The molecule has 2 rings (SSSR count). The van der Waals surface area contributed by atoms with E-state index in [9.17, 15) is 18.0 Å². The molecule has 94 valence electrons. The molecule has 8 heteroatoms. The molecular formula is C10H7F3N4O. The Balaban J connectivity index is 2.12. The Morgan fingerprint density at radius 3 is 2.56 bits per heavy atom. The van der Waals surface area contributed by atoms with E-state index in [2.05, 4.69) is 20.5 Å². The smallest absolute Gasteiger partial charge is 0.318 e. The Kier molecular flexibility index (Phi) is 3.00. The van der Waals surface area contributed by atoms with E-state index in [1.807, 2.05) is 0 Å². The van der Waals surface area contributed by atoms with Crippen molar-refractivity contribution in [3.63, 3.8) is 0 Å². The summed E-state index contributed by atoms with van der Waals surface area (Å²) in [5, 5.41) is 8.51. The Morgan fingerprint density at radius 1 is 1.28 bits per heavy atom. The normalized spacial score (nSPS) is 11.3. The van der Waals surface area contributed by atoms with E-state index in [1.54, 1.807) is 0 Å². The number of alkyl halides is 3. The summed E-state index contributed by atoms with van der Waals surface area (Å²) < 4.78 is 36.8. The summed E-state index contributed by atoms with van der Waals surface area (Å²) in [6.07, 6.45) is -1.05. The standard InChI is InChI=1S/C10H7F3N4O/c11-10(12,13)6-1-2-8(14-3-6)9(18)17-7-4-15-16-5-7/h1-5H,(H,15,16)(H,17,18). The van der Waals surface area contributed by atoms with Crippen molar-refractivity contribution in [2.45, 2.75) is 6.18 Å². The van der Waals surface area contributed by atoms with Crippen molar-refractivity contribution in [1.29, 1.82) is 0 Å². The number of hydrogen-bond donors (Lipinski definition) is 2. The molecule has 18 heavy (non-hydrogen) atoms. The number of pyridine rings is 1. The van der Waals surface area contributed by atoms with Gasteiger partial charge in [-0.1, -0.05) is 0 Å². The summed E-state index contributed by atoms with van der Waals surface area (Å²) in [7, 11) is 0. The van der Waals surface area contributed by atoms with Crippen LogP contribution in [0.15, 0.2) is 30.7 Å². The van der Waals surface area contributed by atoms with Crippen molar-refractivity contribution in [2.24, 2.45) is 0 Å². The van der Waals surface area contributed by atoms with Gasteiger partial charge in [-0.05, 0) is 12.1 Å². The third kappa shape index (κ3) is 2.65. The van der Waals surface area contributed by atoms with Crippen molar-refractivity contribution in [1.82, 2.24) is 15.2 Å². The quantitative estimate of drug-likeness (QED) is 0.864. The number of amides is 1. The molecule has 5 nitrogen and oxygen atoms in total. The SMILES string of the molecule is O=C(Nc1cn[nH]c1)c1ccc(C(F)(F)F)cn1. The van der Waals surface area contributed by atoms with Crippen LogP contribution in [0.2, 0.25) is 0 Å². The zero-order chi connectivity index (χ0) is 13.2. The molecule has 0 unspecified atom stereocenters. The second-order valence-corrected chi connectivity index (χ2v) is 3.37. The highest BCUT2D eigenvalue weighted by Gasteiger charge is 2.30. The number of rotatable bonds is 2. The molecule has 2 aromatic rings. The number of H-pyrrole nitrogens is 1. The molecule has 0 aliphatic rings. The van der Waals surface area contributed by atoms with Crippen LogP contribution < -0.4 is 5.32 Å². The number of carbonyl (C=O) groups excluding carboxylic acids is 1. The molecule has 2 heterocycles. The Morgan fingerprint density at radius 2 is 2.06 bits per heavy atom. The molecule has 0 saturated carbocycles. The van der Waals surface area contributed by atoms with Gasteiger partial charge in [0, 0.05) is 12.4 Å². The highest BCUT2D eigenvalue weighted by molar-refractivity contribution is 6.02. The number of hydrogen-bond acceptors (Lipinski definition) is 3. The van der Waals surface area contributed by atoms with E-state index in [1.165, 1.54) is 12.4 Å². The van der Waals surface area contributed by atoms with Gasteiger partial charge in [0.25, 0.3) is 5.91 Å². The molecule has 0 saturated heterocycles. The third-order valence-corrected chi connectivity index (χ3v) is 2.08. The first-order chi connectivity index (χ1) is 8.47. The lowest BCUT2D eigenvalue weighted by molar-refractivity contribution is -0.137. The first kappa shape index (κ1) is 12.1. The lowest BCUT2D eigenvalue weighted by Crippen LogP contribution is -2.14. The maximum Gasteiger partial charge on any atom is 0.417 e. The zero-order valence-electron chi connectivity index (χ0n) is 8.82. The molecule has 0 aliphatic heterocycles. The lowest BCUT2D eigenvalue weighted by Gasteiger charge is -2.06. The summed E-state index contributed by atoms with van der Waals surface area (Å²) in [6.45, 7) is 0. The van der Waals surface area contributed by atoms with Gasteiger partial charge in [-0.3, -0.25) is 14.9 Å². The topological polar surface area (TPSA) is 70.7 Å². The third-order valence-electron chi connectivity index (χ3n) is 2.08. The molecule has 0 atom stereocenters. The molecule has 1 amide bonds. The molecule has 2 N–H and O–H groups in total. The van der Waals surface area contributed by atoms with Crippen molar-refractivity contribution >= 4 is 11.6 Å². The fourth-order valence-electron chi connectivity index (χ4n) is 1.21. The van der Waals surface area contributed by atoms with Gasteiger partial charge in [-0.2, -0.15) is 18.3 Å². The first-order valence-corrected chi connectivity index (χ1v) is 4.80. The molecular weight excluding hydrogens is 249 g/mol. The van der Waals surface area contributed by atoms with Gasteiger partial charge in [0.15, 0.2) is 0 Å². The largest absolute Gasteiger partial charge is 0.417 e. The average molecular weight is 256 g/mol. The lowest BCUT2D eigenvalue weighted by atomic mass is 10.2. The number of anilines is 1. The molecule has 0 aromatic carbocycles. The predicted molar refractivity (Wildman–Crippen MR) is 55.8 cm³/mol. The molecule has 2 aromatic heterocycles. The summed E-state index contributed by atoms with van der Waals surface area (Å²) in [5.41, 5.74) is -0.603. The van der Waals surface area contributed by atoms with Crippen molar-refractivity contribution in [2.75, 3.05) is 5.32 Å². The zero-order valence-corrected chi connectivity index (χ0v) is 8.82. The summed E-state index contributed by atoms with van der Waals surface area (Å²) in [4.78, 5) is 15.0. The van der Waals surface area contributed by atoms with Gasteiger partial charge in [-0.25, -0.2) is 0 Å². The molecule has 0 aliphatic carbocycles. The monoisotopic (exact) mass is 256 g/mol. The van der Waals surface area contributed by atoms with Crippen molar-refractivity contribution in [3.8, 4) is 0 Å². The van der Waals surface area contributed by atoms with Gasteiger partial charge < -0.3 is 5.32 Å². The highest BCUT2D eigenvalue weighted by atomic mass is 19.4. The van der Waals surface area contributed by atoms with E-state index in [4.69, 9.17) is 0 Å². The van der Waals surface area contributed by atoms with Crippen LogP contribution in [0.3, 0.4) is 0 Å². The highest BCUT2D eigenvalue weighted by Crippen LogP contribution is 2.28. The minimum Gasteiger partial charge on any atom is -0.318 e. The second kappa shape index (κ2) is 4.47. The Labute approximate surface area is 99.0 Å². The fraction of sp³-hybridized carbons (Fsp3) is 0.100. The van der Waals surface area contributed by atoms with E-state index in [-0.39, 0.29) is 5.69 Å². The number of nitrogens with one attached hydrogen (secondary N) is 2. The van der Waals surface area contributed by atoms with Crippen molar-refractivity contribution < 1.29 is 18.0 Å². The van der Waals surface area contributed by atoms with Gasteiger partial charge in [0.1, 0.15) is 5.69 Å². The van der Waals surface area contributed by atoms with Gasteiger partial charge >= 0.3 is 6.18 Å². The van der Waals surface area contributed by atoms with E-state index < -0.39 is 17.6 Å². The van der Waals surface area contributed by atoms with Crippen LogP contribution in [0.4, 0.5) is 18.9 Å². The average Bonchev–Trinajstić information content (AvgIpc) is 2.81. The van der Waals surface area contributed by atoms with Crippen LogP contribution >= 0.6 is 0 Å². The maximum absolute atomic E-state index is 12.3. The number of aromatic nitrogens is 3. The van der Waals surface area contributed by atoms with Crippen LogP contribution in [0, 0.1) is 0 Å². The van der Waals surface area contributed by atoms with Crippen molar-refractivity contribution in [3.05, 3.63) is 42.0 Å². The van der Waals surface area contributed by atoms with Gasteiger partial charge in [-0.15, -0.1) is 0 Å². The van der Waals surface area contributed by atoms with Crippen LogP contribution in [-0.2, 0) is 6.18 Å². The van der Waals surface area contributed by atoms with Crippen LogP contribution in [0.1, 0.15) is 16.1 Å². The number of nitrogens with zero attached hydrogens (tertiary/aromatic N) is 2. The Bertz CT molecular complexity index is 533. The predicted octanol–water partition coefficient (Wildman–Crippen LogP) is 2.08. The van der Waals surface area contributed by atoms with Gasteiger partial charge in [0.2, 0.25) is 0 Å². The molecule has 0 spiro atoms. The maximum atomic E-state index is 12.3. The number of carbonyl (C=O) groups is 1. The number of halogens is 3. The molecule has 0 radical (unpaired) electrons. The first-order valence-electron chi connectivity index (χ1n) is 4.80. The van der Waals surface area contributed by atoms with Crippen LogP contribution in [0.5, 0.6) is 0 Å².